The summed E-state index contributed by atoms with van der Waals surface area (Å²) in [7, 11) is 0. The molecule has 0 heterocycles. The van der Waals surface area contributed by atoms with E-state index in [1.54, 1.807) is 0 Å². The number of ether oxygens (including phenoxy) is 1. The van der Waals surface area contributed by atoms with Crippen molar-refractivity contribution in [3.63, 3.8) is 0 Å². The van der Waals surface area contributed by atoms with E-state index < -0.39 is 23.8 Å². The van der Waals surface area contributed by atoms with Crippen LogP contribution in [0.25, 0.3) is 0 Å². The molecule has 0 fully saturated rings. The number of nitrogens with one attached hydrogen (secondary N) is 1. The van der Waals surface area contributed by atoms with Crippen molar-refractivity contribution in [2.45, 2.75) is 105 Å². The Morgan fingerprint density at radius 3 is 2.02 bits per heavy atom. The van der Waals surface area contributed by atoms with E-state index in [0.717, 1.165) is 36.8 Å². The summed E-state index contributed by atoms with van der Waals surface area (Å²) in [6, 6.07) is 11.4. The lowest BCUT2D eigenvalue weighted by Crippen LogP contribution is -2.43. The molecule has 2 atom stereocenters. The van der Waals surface area contributed by atoms with E-state index in [-0.39, 0.29) is 36.4 Å². The van der Waals surface area contributed by atoms with Crippen LogP contribution in [-0.2, 0) is 26.2 Å². The molecule has 8 heteroatoms. The number of hydrogen-bond donors (Lipinski definition) is 4. The van der Waals surface area contributed by atoms with Crippen LogP contribution in [0.2, 0.25) is 0 Å². The number of benzene rings is 2. The monoisotopic (exact) mass is 568 g/mol. The van der Waals surface area contributed by atoms with E-state index in [4.69, 9.17) is 10.5 Å². The Morgan fingerprint density at radius 2 is 1.54 bits per heavy atom. The van der Waals surface area contributed by atoms with E-state index in [9.17, 15) is 24.6 Å². The molecule has 0 spiro atoms. The molecule has 5 N–H and O–H groups in total. The van der Waals surface area contributed by atoms with Crippen LogP contribution in [0, 0.1) is 19.3 Å². The number of aliphatic hydroxyl groups is 1. The predicted octanol–water partition coefficient (Wildman–Crippen LogP) is 4.96. The first-order valence-electron chi connectivity index (χ1n) is 14.5. The van der Waals surface area contributed by atoms with Crippen LogP contribution in [0.15, 0.2) is 36.4 Å². The third-order valence-corrected chi connectivity index (χ3v) is 8.19. The van der Waals surface area contributed by atoms with Crippen LogP contribution in [0.5, 0.6) is 5.75 Å². The van der Waals surface area contributed by atoms with Crippen LogP contribution in [0.1, 0.15) is 94.5 Å². The van der Waals surface area contributed by atoms with Gasteiger partial charge >= 0.3 is 5.97 Å². The molecule has 0 saturated heterocycles. The first-order valence-corrected chi connectivity index (χ1v) is 14.5. The molecule has 8 nitrogen and oxygen atoms in total. The summed E-state index contributed by atoms with van der Waals surface area (Å²) in [6.07, 6.45) is 2.76. The molecule has 0 aliphatic heterocycles. The third-order valence-electron chi connectivity index (χ3n) is 8.19. The van der Waals surface area contributed by atoms with Crippen LogP contribution >= 0.6 is 0 Å². The van der Waals surface area contributed by atoms with E-state index in [1.165, 1.54) is 16.7 Å². The fourth-order valence-corrected chi connectivity index (χ4v) is 5.26. The Kier molecular flexibility index (Phi) is 11.9. The number of carbonyl (C=O) groups excluding carboxylic acids is 2. The van der Waals surface area contributed by atoms with Crippen molar-refractivity contribution in [3.8, 4) is 5.75 Å². The Hall–Kier alpha value is -3.39. The van der Waals surface area contributed by atoms with Crippen LogP contribution < -0.4 is 15.8 Å². The van der Waals surface area contributed by atoms with Gasteiger partial charge in [-0.2, -0.15) is 0 Å². The van der Waals surface area contributed by atoms with Crippen LogP contribution in [-0.4, -0.2) is 46.7 Å². The average molecular weight is 569 g/mol. The summed E-state index contributed by atoms with van der Waals surface area (Å²) in [6.45, 7) is 14.3. The number of carbonyl (C=O) groups is 3. The molecule has 0 aliphatic rings. The molecule has 2 amide bonds. The highest BCUT2D eigenvalue weighted by atomic mass is 16.5. The molecular formula is C33H48N2O6. The maximum Gasteiger partial charge on any atom is 0.326 e. The van der Waals surface area contributed by atoms with Gasteiger partial charge in [-0.3, -0.25) is 9.59 Å². The highest BCUT2D eigenvalue weighted by molar-refractivity contribution is 5.85. The molecular weight excluding hydrogens is 520 g/mol. The predicted molar refractivity (Wildman–Crippen MR) is 161 cm³/mol. The minimum Gasteiger partial charge on any atom is -0.484 e. The SMILES string of the molecule is CCC(CC)(c1ccc(CC[C@H](O)C(C)(C)C)c(C)c1)c1ccc(OCC(=O)N[C@@H](CCC(N)=O)C(=O)O)c(C)c1. The first-order chi connectivity index (χ1) is 19.1. The fraction of sp³-hybridized carbons (Fsp3) is 0.545. The second-order valence-corrected chi connectivity index (χ2v) is 12.1. The summed E-state index contributed by atoms with van der Waals surface area (Å²) in [5, 5.41) is 22.2. The zero-order valence-corrected chi connectivity index (χ0v) is 25.7. The minimum atomic E-state index is -1.23. The molecule has 2 rings (SSSR count). The largest absolute Gasteiger partial charge is 0.484 e. The Labute approximate surface area is 244 Å². The zero-order chi connectivity index (χ0) is 31.0. The summed E-state index contributed by atoms with van der Waals surface area (Å²) in [5.74, 6) is -1.92. The average Bonchev–Trinajstić information content (AvgIpc) is 2.90. The molecule has 0 aromatic heterocycles. The lowest BCUT2D eigenvalue weighted by molar-refractivity contribution is -0.142. The number of primary amides is 1. The van der Waals surface area contributed by atoms with Crippen LogP contribution in [0.3, 0.4) is 0 Å². The number of hydrogen-bond acceptors (Lipinski definition) is 5. The van der Waals surface area contributed by atoms with Crippen LogP contribution in [0.4, 0.5) is 0 Å². The lowest BCUT2D eigenvalue weighted by Gasteiger charge is -2.34. The number of aryl methyl sites for hydroxylation is 3. The van der Waals surface area contributed by atoms with Gasteiger partial charge in [0.2, 0.25) is 5.91 Å². The maximum absolute atomic E-state index is 12.4. The van der Waals surface area contributed by atoms with Crippen molar-refractivity contribution in [2.24, 2.45) is 11.1 Å². The van der Waals surface area contributed by atoms with Crippen molar-refractivity contribution in [1.82, 2.24) is 5.32 Å². The molecule has 0 unspecified atom stereocenters. The van der Waals surface area contributed by atoms with E-state index in [2.05, 4.69) is 71.1 Å². The zero-order valence-electron chi connectivity index (χ0n) is 25.7. The summed E-state index contributed by atoms with van der Waals surface area (Å²) < 4.78 is 5.73. The summed E-state index contributed by atoms with van der Waals surface area (Å²) in [4.78, 5) is 34.7. The molecule has 0 aliphatic carbocycles. The van der Waals surface area contributed by atoms with Gasteiger partial charge in [-0.05, 0) is 85.3 Å². The quantitative estimate of drug-likeness (QED) is 0.239. The molecule has 0 saturated carbocycles. The van der Waals surface area contributed by atoms with Gasteiger partial charge in [0.15, 0.2) is 6.61 Å². The topological polar surface area (TPSA) is 139 Å². The van der Waals surface area contributed by atoms with E-state index >= 15 is 0 Å². The van der Waals surface area contributed by atoms with Gasteiger partial charge < -0.3 is 26.0 Å². The smallest absolute Gasteiger partial charge is 0.326 e. The number of amides is 2. The highest BCUT2D eigenvalue weighted by Crippen LogP contribution is 2.41. The normalized spacial score (nSPS) is 13.4. The van der Waals surface area contributed by atoms with Crippen molar-refractivity contribution >= 4 is 17.8 Å². The standard InChI is InChI=1S/C33H48N2O6/c1-8-33(9-2,24-12-10-23(21(3)18-24)11-16-28(36)32(5,6)7)25-13-15-27(22(4)19-25)41-20-30(38)35-26(31(39)40)14-17-29(34)37/h10,12-13,15,18-19,26,28,36H,8-9,11,14,16-17,20H2,1-7H3,(H2,34,37)(H,35,38)(H,39,40)/t26-,28-/m0/s1. The molecule has 41 heavy (non-hydrogen) atoms. The van der Waals surface area contributed by atoms with Gasteiger partial charge in [-0.1, -0.05) is 65.0 Å². The summed E-state index contributed by atoms with van der Waals surface area (Å²) in [5.41, 5.74) is 10.5. The Balaban J connectivity index is 2.19. The molecule has 0 bridgehead atoms. The van der Waals surface area contributed by atoms with E-state index in [0.29, 0.717) is 5.75 Å². The highest BCUT2D eigenvalue weighted by Gasteiger charge is 2.32. The Morgan fingerprint density at radius 1 is 0.951 bits per heavy atom. The molecule has 226 valence electrons. The number of rotatable bonds is 15. The molecule has 2 aromatic rings. The van der Waals surface area contributed by atoms with Gasteiger partial charge in [-0.15, -0.1) is 0 Å². The van der Waals surface area contributed by atoms with Crippen molar-refractivity contribution in [2.75, 3.05) is 6.61 Å². The fourth-order valence-electron chi connectivity index (χ4n) is 5.26. The summed E-state index contributed by atoms with van der Waals surface area (Å²) >= 11 is 0. The maximum atomic E-state index is 12.4. The Bertz CT molecular complexity index is 1210. The lowest BCUT2D eigenvalue weighted by atomic mass is 9.69. The van der Waals surface area contributed by atoms with Gasteiger partial charge in [0.1, 0.15) is 11.8 Å². The number of aliphatic carboxylic acids is 1. The van der Waals surface area contributed by atoms with E-state index in [1.807, 2.05) is 19.1 Å². The second-order valence-electron chi connectivity index (χ2n) is 12.1. The molecule has 2 aromatic carbocycles. The number of aliphatic hydroxyl groups excluding tert-OH is 1. The first kappa shape index (κ1) is 33.8. The van der Waals surface area contributed by atoms with Gasteiger partial charge in [0.05, 0.1) is 6.10 Å². The number of nitrogens with two attached hydrogens (primary N) is 1. The number of carboxylic acids is 1. The van der Waals surface area contributed by atoms with Gasteiger partial charge in [-0.25, -0.2) is 4.79 Å². The third kappa shape index (κ3) is 9.05. The second kappa shape index (κ2) is 14.5. The van der Waals surface area contributed by atoms with Gasteiger partial charge in [0, 0.05) is 11.8 Å². The number of carboxylic acid groups (broad SMARTS) is 1. The van der Waals surface area contributed by atoms with Crippen molar-refractivity contribution in [3.05, 3.63) is 64.2 Å². The van der Waals surface area contributed by atoms with Crippen molar-refractivity contribution in [1.29, 1.82) is 0 Å². The minimum absolute atomic E-state index is 0.0838. The molecule has 0 radical (unpaired) electrons. The van der Waals surface area contributed by atoms with Crippen molar-refractivity contribution < 1.29 is 29.3 Å². The van der Waals surface area contributed by atoms with Gasteiger partial charge in [0.25, 0.3) is 5.91 Å².